The number of phenols is 1. The molecule has 0 saturated carbocycles. The first kappa shape index (κ1) is 21.8. The van der Waals surface area contributed by atoms with Crippen molar-refractivity contribution in [2.24, 2.45) is 5.92 Å². The van der Waals surface area contributed by atoms with Crippen LogP contribution in [0.25, 0.3) is 10.9 Å². The van der Waals surface area contributed by atoms with E-state index in [0.29, 0.717) is 5.02 Å². The fourth-order valence-electron chi connectivity index (χ4n) is 3.73. The number of aromatic nitrogens is 1. The lowest BCUT2D eigenvalue weighted by atomic mass is 9.88. The van der Waals surface area contributed by atoms with Gasteiger partial charge < -0.3 is 10.2 Å². The largest absolute Gasteiger partial charge is 0.503 e. The third kappa shape index (κ3) is 3.65. The van der Waals surface area contributed by atoms with Crippen molar-refractivity contribution in [2.75, 3.05) is 0 Å². The van der Waals surface area contributed by atoms with Crippen molar-refractivity contribution in [3.8, 4) is 5.75 Å². The smallest absolute Gasteiger partial charge is 0.311 e. The molecule has 1 atom stereocenters. The molecule has 0 bridgehead atoms. The van der Waals surface area contributed by atoms with Crippen molar-refractivity contribution in [1.82, 2.24) is 4.57 Å². The molecule has 8 heteroatoms. The second kappa shape index (κ2) is 8.07. The number of halogens is 3. The van der Waals surface area contributed by atoms with E-state index in [2.05, 4.69) is 0 Å². The summed E-state index contributed by atoms with van der Waals surface area (Å²) in [6.07, 6.45) is 0.169. The number of carbonyl (C=O) groups is 2. The highest BCUT2D eigenvalue weighted by Crippen LogP contribution is 2.40. The topological polar surface area (TPSA) is 79.5 Å². The SMILES string of the molecule is Cc1c([C@H](CC(C)C)C(=O)O)c2c(F)c(O)c(F)cc2n1C(=O)c1ccc(Cl)cc1. The molecule has 0 radical (unpaired) electrons. The standard InChI is InChI=1S/C22H20ClF2NO4/c1-10(2)8-14(22(29)30)17-11(3)26(21(28)12-4-6-13(23)7-5-12)16-9-15(24)20(27)19(25)18(16)17/h4-7,9-10,14,27H,8H2,1-3H3,(H,29,30)/t14-/m0/s1. The Morgan fingerprint density at radius 3 is 2.30 bits per heavy atom. The van der Waals surface area contributed by atoms with Gasteiger partial charge in [0.1, 0.15) is 0 Å². The summed E-state index contributed by atoms with van der Waals surface area (Å²) in [5.74, 6) is -6.75. The number of fused-ring (bicyclic) bond motifs is 1. The Morgan fingerprint density at radius 2 is 1.77 bits per heavy atom. The van der Waals surface area contributed by atoms with Crippen LogP contribution in [0.5, 0.6) is 5.75 Å². The number of hydrogen-bond acceptors (Lipinski definition) is 3. The minimum atomic E-state index is -1.29. The molecule has 30 heavy (non-hydrogen) atoms. The van der Waals surface area contributed by atoms with E-state index in [1.54, 1.807) is 0 Å². The second-order valence-electron chi connectivity index (χ2n) is 7.58. The second-order valence-corrected chi connectivity index (χ2v) is 8.02. The molecular weight excluding hydrogens is 416 g/mol. The molecule has 1 aromatic heterocycles. The number of phenolic OH excluding ortho intramolecular Hbond substituents is 1. The Balaban J connectivity index is 2.38. The first-order valence-electron chi connectivity index (χ1n) is 9.29. The number of rotatable bonds is 5. The zero-order chi connectivity index (χ0) is 22.3. The normalized spacial score (nSPS) is 12.5. The number of aromatic hydroxyl groups is 1. The van der Waals surface area contributed by atoms with Crippen LogP contribution in [0.2, 0.25) is 5.02 Å². The average molecular weight is 436 g/mol. The van der Waals surface area contributed by atoms with Gasteiger partial charge in [-0.15, -0.1) is 0 Å². The molecule has 0 aliphatic carbocycles. The number of carboxylic acid groups (broad SMARTS) is 1. The quantitative estimate of drug-likeness (QED) is 0.555. The van der Waals surface area contributed by atoms with Crippen LogP contribution in [0.15, 0.2) is 30.3 Å². The van der Waals surface area contributed by atoms with Crippen molar-refractivity contribution in [3.05, 3.63) is 63.8 Å². The van der Waals surface area contributed by atoms with E-state index in [0.717, 1.165) is 10.6 Å². The van der Waals surface area contributed by atoms with Crippen LogP contribution < -0.4 is 0 Å². The Bertz CT molecular complexity index is 1150. The lowest BCUT2D eigenvalue weighted by Crippen LogP contribution is -2.17. The lowest BCUT2D eigenvalue weighted by molar-refractivity contribution is -0.139. The van der Waals surface area contributed by atoms with Gasteiger partial charge in [-0.25, -0.2) is 8.78 Å². The maximum absolute atomic E-state index is 15.0. The summed E-state index contributed by atoms with van der Waals surface area (Å²) >= 11 is 5.87. The predicted octanol–water partition coefficient (Wildman–Crippen LogP) is 5.49. The molecule has 3 aromatic rings. The van der Waals surface area contributed by atoms with Crippen molar-refractivity contribution in [1.29, 1.82) is 0 Å². The van der Waals surface area contributed by atoms with Crippen LogP contribution in [-0.4, -0.2) is 26.7 Å². The van der Waals surface area contributed by atoms with E-state index < -0.39 is 35.2 Å². The zero-order valence-electron chi connectivity index (χ0n) is 16.5. The molecule has 158 valence electrons. The maximum atomic E-state index is 15.0. The van der Waals surface area contributed by atoms with E-state index in [4.69, 9.17) is 11.6 Å². The minimum Gasteiger partial charge on any atom is -0.503 e. The van der Waals surface area contributed by atoms with E-state index in [-0.39, 0.29) is 40.1 Å². The third-order valence-corrected chi connectivity index (χ3v) is 5.31. The van der Waals surface area contributed by atoms with Gasteiger partial charge in [0.05, 0.1) is 11.4 Å². The molecule has 0 saturated heterocycles. The van der Waals surface area contributed by atoms with Crippen molar-refractivity contribution < 1.29 is 28.6 Å². The first-order chi connectivity index (χ1) is 14.0. The average Bonchev–Trinajstić information content (AvgIpc) is 2.95. The summed E-state index contributed by atoms with van der Waals surface area (Å²) in [6, 6.07) is 6.77. The van der Waals surface area contributed by atoms with Crippen LogP contribution in [0.1, 0.15) is 47.8 Å². The Labute approximate surface area is 176 Å². The third-order valence-electron chi connectivity index (χ3n) is 5.06. The molecule has 2 aromatic carbocycles. The molecule has 0 spiro atoms. The number of carboxylic acids is 1. The highest BCUT2D eigenvalue weighted by Gasteiger charge is 2.33. The summed E-state index contributed by atoms with van der Waals surface area (Å²) in [4.78, 5) is 25.2. The number of nitrogens with zero attached hydrogens (tertiary/aromatic N) is 1. The molecule has 0 aliphatic heterocycles. The van der Waals surface area contributed by atoms with Crippen LogP contribution >= 0.6 is 11.6 Å². The van der Waals surface area contributed by atoms with Gasteiger partial charge in [-0.2, -0.15) is 0 Å². The van der Waals surface area contributed by atoms with Gasteiger partial charge in [0.15, 0.2) is 17.4 Å². The fourth-order valence-corrected chi connectivity index (χ4v) is 3.86. The highest BCUT2D eigenvalue weighted by molar-refractivity contribution is 6.30. The maximum Gasteiger partial charge on any atom is 0.311 e. The van der Waals surface area contributed by atoms with E-state index >= 15 is 0 Å². The van der Waals surface area contributed by atoms with Gasteiger partial charge >= 0.3 is 5.97 Å². The summed E-state index contributed by atoms with van der Waals surface area (Å²) in [7, 11) is 0. The van der Waals surface area contributed by atoms with Gasteiger partial charge in [-0.1, -0.05) is 25.4 Å². The van der Waals surface area contributed by atoms with Crippen LogP contribution in [-0.2, 0) is 4.79 Å². The zero-order valence-corrected chi connectivity index (χ0v) is 17.3. The highest BCUT2D eigenvalue weighted by atomic mass is 35.5. The van der Waals surface area contributed by atoms with Gasteiger partial charge in [0.25, 0.3) is 5.91 Å². The number of hydrogen-bond donors (Lipinski definition) is 2. The molecule has 0 amide bonds. The van der Waals surface area contributed by atoms with Crippen LogP contribution in [0.3, 0.4) is 0 Å². The van der Waals surface area contributed by atoms with Gasteiger partial charge in [-0.05, 0) is 49.1 Å². The van der Waals surface area contributed by atoms with Crippen molar-refractivity contribution in [2.45, 2.75) is 33.1 Å². The monoisotopic (exact) mass is 435 g/mol. The van der Waals surface area contributed by atoms with Gasteiger partial charge in [-0.3, -0.25) is 14.2 Å². The Kier molecular flexibility index (Phi) is 5.85. The molecular formula is C22H20ClF2NO4. The Morgan fingerprint density at radius 1 is 1.17 bits per heavy atom. The summed E-state index contributed by atoms with van der Waals surface area (Å²) in [5.41, 5.74) is 0.268. The molecule has 2 N–H and O–H groups in total. The summed E-state index contributed by atoms with van der Waals surface area (Å²) in [6.45, 7) is 5.11. The van der Waals surface area contributed by atoms with Crippen molar-refractivity contribution >= 4 is 34.4 Å². The van der Waals surface area contributed by atoms with Gasteiger partial charge in [0, 0.05) is 27.7 Å². The van der Waals surface area contributed by atoms with E-state index in [1.165, 1.54) is 31.2 Å². The molecule has 0 fully saturated rings. The molecule has 1 heterocycles. The minimum absolute atomic E-state index is 0.0429. The predicted molar refractivity (Wildman–Crippen MR) is 109 cm³/mol. The van der Waals surface area contributed by atoms with Gasteiger partial charge in [0.2, 0.25) is 0 Å². The molecule has 3 rings (SSSR count). The summed E-state index contributed by atoms with van der Waals surface area (Å²) < 4.78 is 30.2. The number of benzene rings is 2. The van der Waals surface area contributed by atoms with E-state index in [9.17, 15) is 28.6 Å². The first-order valence-corrected chi connectivity index (χ1v) is 9.67. The Hall–Kier alpha value is -2.93. The molecule has 0 aliphatic rings. The molecule has 5 nitrogen and oxygen atoms in total. The van der Waals surface area contributed by atoms with E-state index in [1.807, 2.05) is 13.8 Å². The number of carbonyl (C=O) groups excluding carboxylic acids is 1. The fraction of sp³-hybridized carbons (Fsp3) is 0.273. The molecule has 0 unspecified atom stereocenters. The lowest BCUT2D eigenvalue weighted by Gasteiger charge is -2.16. The summed E-state index contributed by atoms with van der Waals surface area (Å²) in [5, 5.41) is 19.7. The van der Waals surface area contributed by atoms with Crippen LogP contribution in [0.4, 0.5) is 8.78 Å². The van der Waals surface area contributed by atoms with Crippen molar-refractivity contribution in [3.63, 3.8) is 0 Å². The number of aliphatic carboxylic acids is 1. The van der Waals surface area contributed by atoms with Crippen LogP contribution in [0, 0.1) is 24.5 Å².